The molecule has 0 bridgehead atoms. The molecule has 0 unspecified atom stereocenters. The van der Waals surface area contributed by atoms with Gasteiger partial charge in [-0.25, -0.2) is 0 Å². The maximum atomic E-state index is 6.48. The van der Waals surface area contributed by atoms with E-state index in [9.17, 15) is 0 Å². The zero-order valence-corrected chi connectivity index (χ0v) is 25.8. The van der Waals surface area contributed by atoms with Crippen LogP contribution in [-0.4, -0.2) is 18.0 Å². The van der Waals surface area contributed by atoms with Crippen molar-refractivity contribution in [2.24, 2.45) is 0 Å². The maximum absolute atomic E-state index is 6.48. The molecule has 1 aliphatic carbocycles. The minimum absolute atomic E-state index is 0. The van der Waals surface area contributed by atoms with Crippen molar-refractivity contribution in [3.63, 3.8) is 0 Å². The first kappa shape index (κ1) is 27.2. The first-order valence-corrected chi connectivity index (χ1v) is 16.7. The molecular formula is C34H30IrN2OSi-2. The summed E-state index contributed by atoms with van der Waals surface area (Å²) in [7, 11) is -1.49. The van der Waals surface area contributed by atoms with Crippen molar-refractivity contribution >= 4 is 35.2 Å². The van der Waals surface area contributed by atoms with E-state index in [1.165, 1.54) is 29.0 Å². The Morgan fingerprint density at radius 1 is 0.744 bits per heavy atom. The van der Waals surface area contributed by atoms with Crippen LogP contribution in [0, 0.1) is 12.1 Å². The molecule has 197 valence electrons. The summed E-state index contributed by atoms with van der Waals surface area (Å²) in [6.07, 6.45) is 6.30. The molecule has 1 radical (unpaired) electrons. The predicted molar refractivity (Wildman–Crippen MR) is 159 cm³/mol. The summed E-state index contributed by atoms with van der Waals surface area (Å²) in [6, 6.07) is 35.2. The number of rotatable bonds is 4. The Hall–Kier alpha value is -3.37. The molecule has 1 saturated carbocycles. The Bertz CT molecular complexity index is 1670. The van der Waals surface area contributed by atoms with Crippen molar-refractivity contribution in [1.82, 2.24) is 9.97 Å². The van der Waals surface area contributed by atoms with Crippen LogP contribution in [0.2, 0.25) is 19.6 Å². The Kier molecular flexibility index (Phi) is 7.95. The van der Waals surface area contributed by atoms with Gasteiger partial charge < -0.3 is 14.4 Å². The van der Waals surface area contributed by atoms with E-state index in [1.54, 1.807) is 6.20 Å². The van der Waals surface area contributed by atoms with Crippen LogP contribution in [-0.2, 0) is 20.1 Å². The van der Waals surface area contributed by atoms with E-state index >= 15 is 0 Å². The largest absolute Gasteiger partial charge is 0.501 e. The first-order valence-electron chi connectivity index (χ1n) is 13.2. The molecule has 3 heterocycles. The third kappa shape index (κ3) is 5.81. The summed E-state index contributed by atoms with van der Waals surface area (Å²) < 4.78 is 6.48. The van der Waals surface area contributed by atoms with Gasteiger partial charge in [-0.15, -0.1) is 54.1 Å². The molecule has 1 aliphatic rings. The number of fused-ring (bicyclic) bond motifs is 3. The van der Waals surface area contributed by atoms with Gasteiger partial charge in [0.15, 0.2) is 0 Å². The molecule has 7 rings (SSSR count). The summed E-state index contributed by atoms with van der Waals surface area (Å²) in [4.78, 5) is 8.85. The standard InChI is InChI=1S/C23H22NOSi.C11H8N.Ir/c1-26(2,3)21-9-5-7-18-17-6-4-8-19(22(17)25-23(18)21)20-14-16(12-13-24-20)15-10-11-15;1-2-6-10(7-3-1)11-8-4-5-9-12-11;/h4-7,9,12-15H,10-11H2,1-3H3;1-6,8-9H;/q2*-1;. The van der Waals surface area contributed by atoms with Gasteiger partial charge in [-0.1, -0.05) is 72.6 Å². The number of benzene rings is 3. The van der Waals surface area contributed by atoms with E-state index in [0.29, 0.717) is 5.92 Å². The Balaban J connectivity index is 0.000000200. The molecule has 0 N–H and O–H groups in total. The van der Waals surface area contributed by atoms with Crippen LogP contribution in [0.4, 0.5) is 0 Å². The number of nitrogens with zero attached hydrogens (tertiary/aromatic N) is 2. The number of furan rings is 1. The number of para-hydroxylation sites is 1. The fraction of sp³-hybridized carbons (Fsp3) is 0.176. The maximum Gasteiger partial charge on any atom is 0.120 e. The molecule has 3 aromatic heterocycles. The molecule has 1 fully saturated rings. The fourth-order valence-electron chi connectivity index (χ4n) is 4.87. The van der Waals surface area contributed by atoms with Gasteiger partial charge in [-0.2, -0.15) is 0 Å². The zero-order valence-electron chi connectivity index (χ0n) is 22.4. The number of aromatic nitrogens is 2. The van der Waals surface area contributed by atoms with Gasteiger partial charge in [0.05, 0.1) is 13.7 Å². The SMILES string of the molecule is C[Si](C)(C)c1cccc2c1oc1c(-c3cc(C4CC4)ccn3)[c-]ccc12.[Ir].[c-]1ccccc1-c1ccccn1. The van der Waals surface area contributed by atoms with Gasteiger partial charge in [0.1, 0.15) is 5.58 Å². The molecule has 5 heteroatoms. The smallest absolute Gasteiger partial charge is 0.120 e. The van der Waals surface area contributed by atoms with Crippen molar-refractivity contribution in [2.75, 3.05) is 0 Å². The topological polar surface area (TPSA) is 38.9 Å². The van der Waals surface area contributed by atoms with Crippen molar-refractivity contribution in [1.29, 1.82) is 0 Å². The van der Waals surface area contributed by atoms with Crippen LogP contribution in [0.25, 0.3) is 44.5 Å². The van der Waals surface area contributed by atoms with E-state index in [1.807, 2.05) is 54.7 Å². The van der Waals surface area contributed by atoms with Crippen LogP contribution in [0.3, 0.4) is 0 Å². The second kappa shape index (κ2) is 11.4. The molecule has 0 amide bonds. The first-order chi connectivity index (χ1) is 18.5. The molecule has 0 atom stereocenters. The third-order valence-corrected chi connectivity index (χ3v) is 9.02. The van der Waals surface area contributed by atoms with Crippen LogP contribution in [0.1, 0.15) is 24.3 Å². The van der Waals surface area contributed by atoms with Gasteiger partial charge >= 0.3 is 0 Å². The zero-order chi connectivity index (χ0) is 26.1. The third-order valence-electron chi connectivity index (χ3n) is 7.01. The monoisotopic (exact) mass is 703 g/mol. The summed E-state index contributed by atoms with van der Waals surface area (Å²) >= 11 is 0. The van der Waals surface area contributed by atoms with Gasteiger partial charge in [0.2, 0.25) is 0 Å². The van der Waals surface area contributed by atoms with E-state index in [-0.39, 0.29) is 20.1 Å². The average Bonchev–Trinajstić information content (AvgIpc) is 3.74. The summed E-state index contributed by atoms with van der Waals surface area (Å²) in [5.74, 6) is 0.713. The van der Waals surface area contributed by atoms with Gasteiger partial charge in [0, 0.05) is 37.9 Å². The second-order valence-electron chi connectivity index (χ2n) is 10.9. The van der Waals surface area contributed by atoms with E-state index in [2.05, 4.69) is 78.1 Å². The molecule has 6 aromatic rings. The van der Waals surface area contributed by atoms with Crippen LogP contribution in [0.15, 0.2) is 102 Å². The quantitative estimate of drug-likeness (QED) is 0.137. The molecule has 3 aromatic carbocycles. The molecule has 39 heavy (non-hydrogen) atoms. The van der Waals surface area contributed by atoms with Crippen molar-refractivity contribution in [2.45, 2.75) is 38.4 Å². The van der Waals surface area contributed by atoms with Gasteiger partial charge in [-0.3, -0.25) is 0 Å². The average molecular weight is 703 g/mol. The summed E-state index contributed by atoms with van der Waals surface area (Å²) in [6.45, 7) is 7.09. The summed E-state index contributed by atoms with van der Waals surface area (Å²) in [5, 5.41) is 3.73. The molecular weight excluding hydrogens is 673 g/mol. The Labute approximate surface area is 244 Å². The minimum atomic E-state index is -1.49. The Morgan fingerprint density at radius 3 is 2.26 bits per heavy atom. The van der Waals surface area contributed by atoms with Crippen molar-refractivity contribution in [3.8, 4) is 22.5 Å². The normalized spacial score (nSPS) is 13.0. The molecule has 0 spiro atoms. The van der Waals surface area contributed by atoms with Crippen LogP contribution >= 0.6 is 0 Å². The second-order valence-corrected chi connectivity index (χ2v) is 15.9. The van der Waals surface area contributed by atoms with Crippen molar-refractivity contribution in [3.05, 3.63) is 115 Å². The molecule has 3 nitrogen and oxygen atoms in total. The van der Waals surface area contributed by atoms with Crippen LogP contribution < -0.4 is 5.19 Å². The number of hydrogen-bond acceptors (Lipinski definition) is 3. The van der Waals surface area contributed by atoms with Crippen LogP contribution in [0.5, 0.6) is 0 Å². The molecule has 0 aliphatic heterocycles. The summed E-state index contributed by atoms with van der Waals surface area (Å²) in [5.41, 5.74) is 7.29. The predicted octanol–water partition coefficient (Wildman–Crippen LogP) is 8.42. The fourth-order valence-corrected chi connectivity index (χ4v) is 6.34. The number of pyridine rings is 2. The molecule has 0 saturated heterocycles. The van der Waals surface area contributed by atoms with Crippen molar-refractivity contribution < 1.29 is 24.5 Å². The van der Waals surface area contributed by atoms with Gasteiger partial charge in [-0.05, 0) is 47.5 Å². The van der Waals surface area contributed by atoms with E-state index in [4.69, 9.17) is 4.42 Å². The van der Waals surface area contributed by atoms with E-state index in [0.717, 1.165) is 39.1 Å². The van der Waals surface area contributed by atoms with E-state index < -0.39 is 8.07 Å². The minimum Gasteiger partial charge on any atom is -0.501 e. The van der Waals surface area contributed by atoms with Gasteiger partial charge in [0.25, 0.3) is 0 Å². The number of hydrogen-bond donors (Lipinski definition) is 0. The Morgan fingerprint density at radius 2 is 1.54 bits per heavy atom.